The van der Waals surface area contributed by atoms with Gasteiger partial charge in [-0.15, -0.1) is 0 Å². The summed E-state index contributed by atoms with van der Waals surface area (Å²) in [6.45, 7) is 1.56. The molecule has 0 aliphatic heterocycles. The van der Waals surface area contributed by atoms with Crippen molar-refractivity contribution >= 4 is 11.6 Å². The summed E-state index contributed by atoms with van der Waals surface area (Å²) in [4.78, 5) is 11.1. The van der Waals surface area contributed by atoms with Crippen molar-refractivity contribution in [2.45, 2.75) is 13.1 Å². The Morgan fingerprint density at radius 3 is 2.53 bits per heavy atom. The van der Waals surface area contributed by atoms with E-state index >= 15 is 0 Å². The average Bonchev–Trinajstić information content (AvgIpc) is 2.20. The fraction of sp³-hybridized carbons (Fsp3) is 0.182. The lowest BCUT2D eigenvalue weighted by Gasteiger charge is -2.09. The fourth-order valence-corrected chi connectivity index (χ4v) is 1.12. The summed E-state index contributed by atoms with van der Waals surface area (Å²) < 4.78 is 50.2. The van der Waals surface area contributed by atoms with Crippen LogP contribution in [0.25, 0.3) is 0 Å². The molecule has 0 radical (unpaired) electrons. The van der Waals surface area contributed by atoms with Gasteiger partial charge in [-0.25, -0.2) is 4.39 Å². The third-order valence-electron chi connectivity index (χ3n) is 1.87. The number of carbonyl (C=O) groups excluding carboxylic acids is 1. The molecule has 1 amide bonds. The van der Waals surface area contributed by atoms with Gasteiger partial charge in [0.25, 0.3) is 0 Å². The number of hydrogen-bond donors (Lipinski definition) is 1. The molecule has 1 N–H and O–H groups in total. The quantitative estimate of drug-likeness (QED) is 0.630. The monoisotopic (exact) mass is 247 g/mol. The van der Waals surface area contributed by atoms with Gasteiger partial charge in [0.05, 0.1) is 11.3 Å². The van der Waals surface area contributed by atoms with E-state index in [-0.39, 0.29) is 0 Å². The van der Waals surface area contributed by atoms with Crippen molar-refractivity contribution < 1.29 is 22.4 Å². The predicted octanol–water partition coefficient (Wildman–Crippen LogP) is 3.36. The largest absolute Gasteiger partial charge is 0.416 e. The van der Waals surface area contributed by atoms with Crippen molar-refractivity contribution in [2.24, 2.45) is 0 Å². The molecule has 92 valence electrons. The number of carbonyl (C=O) groups is 1. The number of nitrogens with one attached hydrogen (secondary N) is 1. The van der Waals surface area contributed by atoms with Crippen molar-refractivity contribution in [3.63, 3.8) is 0 Å². The standard InChI is InChI=1S/C11H9F4NO/c1-2-3-10(17)16-9-6-7(11(13,14)15)4-5-8(9)12/h2-6H,1H3,(H,16,17). The molecule has 0 fully saturated rings. The molecule has 1 aromatic rings. The van der Waals surface area contributed by atoms with Gasteiger partial charge in [0.1, 0.15) is 5.82 Å². The van der Waals surface area contributed by atoms with Gasteiger partial charge in [-0.2, -0.15) is 13.2 Å². The third-order valence-corrected chi connectivity index (χ3v) is 1.87. The predicted molar refractivity (Wildman–Crippen MR) is 54.8 cm³/mol. The van der Waals surface area contributed by atoms with E-state index < -0.39 is 29.2 Å². The number of benzene rings is 1. The Bertz CT molecular complexity index is 451. The Kier molecular flexibility index (Phi) is 3.88. The summed E-state index contributed by atoms with van der Waals surface area (Å²) in [5.74, 6) is -1.61. The third kappa shape index (κ3) is 3.58. The first kappa shape index (κ1) is 13.2. The maximum atomic E-state index is 13.2. The smallest absolute Gasteiger partial charge is 0.320 e. The molecule has 1 aromatic carbocycles. The minimum Gasteiger partial charge on any atom is -0.320 e. The summed E-state index contributed by atoms with van der Waals surface area (Å²) in [5, 5.41) is 2.02. The molecule has 1 rings (SSSR count). The molecule has 0 spiro atoms. The first-order valence-electron chi connectivity index (χ1n) is 4.65. The van der Waals surface area contributed by atoms with E-state index in [4.69, 9.17) is 0 Å². The first-order chi connectivity index (χ1) is 7.84. The van der Waals surface area contributed by atoms with Crippen LogP contribution < -0.4 is 5.32 Å². The molecular weight excluding hydrogens is 238 g/mol. The first-order valence-corrected chi connectivity index (χ1v) is 4.65. The van der Waals surface area contributed by atoms with Crippen LogP contribution in [-0.4, -0.2) is 5.91 Å². The number of amides is 1. The maximum Gasteiger partial charge on any atom is 0.416 e. The molecule has 6 heteroatoms. The van der Waals surface area contributed by atoms with Gasteiger partial charge in [0.15, 0.2) is 0 Å². The molecular formula is C11H9F4NO. The summed E-state index contributed by atoms with van der Waals surface area (Å²) >= 11 is 0. The van der Waals surface area contributed by atoms with Crippen LogP contribution in [0.3, 0.4) is 0 Å². The second-order valence-corrected chi connectivity index (χ2v) is 3.18. The molecule has 0 saturated heterocycles. The van der Waals surface area contributed by atoms with E-state index in [2.05, 4.69) is 0 Å². The van der Waals surface area contributed by atoms with Gasteiger partial charge in [0.2, 0.25) is 5.91 Å². The Morgan fingerprint density at radius 2 is 2.00 bits per heavy atom. The molecule has 0 heterocycles. The van der Waals surface area contributed by atoms with Crippen LogP contribution in [-0.2, 0) is 11.0 Å². The topological polar surface area (TPSA) is 29.1 Å². The van der Waals surface area contributed by atoms with Gasteiger partial charge in [-0.05, 0) is 31.2 Å². The van der Waals surface area contributed by atoms with E-state index in [1.165, 1.54) is 6.08 Å². The summed E-state index contributed by atoms with van der Waals surface area (Å²) in [6, 6.07) is 1.82. The molecule has 0 aliphatic rings. The van der Waals surface area contributed by atoms with E-state index in [9.17, 15) is 22.4 Å². The normalized spacial score (nSPS) is 11.8. The summed E-state index contributed by atoms with van der Waals surface area (Å²) in [7, 11) is 0. The average molecular weight is 247 g/mol. The van der Waals surface area contributed by atoms with Gasteiger partial charge in [-0.3, -0.25) is 4.79 Å². The zero-order valence-electron chi connectivity index (χ0n) is 8.81. The van der Waals surface area contributed by atoms with Crippen molar-refractivity contribution in [1.82, 2.24) is 0 Å². The van der Waals surface area contributed by atoms with Crippen LogP contribution in [0.4, 0.5) is 23.2 Å². The minimum absolute atomic E-state index is 0.497. The number of hydrogen-bond acceptors (Lipinski definition) is 1. The van der Waals surface area contributed by atoms with E-state index in [0.29, 0.717) is 18.2 Å². The van der Waals surface area contributed by atoms with Gasteiger partial charge in [-0.1, -0.05) is 6.08 Å². The van der Waals surface area contributed by atoms with Gasteiger partial charge >= 0.3 is 6.18 Å². The lowest BCUT2D eigenvalue weighted by molar-refractivity contribution is -0.137. The lowest BCUT2D eigenvalue weighted by Crippen LogP contribution is -2.11. The van der Waals surface area contributed by atoms with Crippen molar-refractivity contribution in [1.29, 1.82) is 0 Å². The van der Waals surface area contributed by atoms with E-state index in [1.54, 1.807) is 6.92 Å². The number of halogens is 4. The summed E-state index contributed by atoms with van der Waals surface area (Å²) in [6.07, 6.45) is -2.10. The number of alkyl halides is 3. The highest BCUT2D eigenvalue weighted by Crippen LogP contribution is 2.31. The van der Waals surface area contributed by atoms with Crippen molar-refractivity contribution in [2.75, 3.05) is 5.32 Å². The number of allylic oxidation sites excluding steroid dienone is 1. The molecule has 0 bridgehead atoms. The second-order valence-electron chi connectivity index (χ2n) is 3.18. The second kappa shape index (κ2) is 4.99. The highest BCUT2D eigenvalue weighted by atomic mass is 19.4. The minimum atomic E-state index is -4.58. The van der Waals surface area contributed by atoms with E-state index in [0.717, 1.165) is 6.08 Å². The Morgan fingerprint density at radius 1 is 1.35 bits per heavy atom. The van der Waals surface area contributed by atoms with Gasteiger partial charge in [0, 0.05) is 0 Å². The van der Waals surface area contributed by atoms with Crippen LogP contribution in [0.5, 0.6) is 0 Å². The van der Waals surface area contributed by atoms with Crippen LogP contribution in [0.15, 0.2) is 30.4 Å². The van der Waals surface area contributed by atoms with Crippen molar-refractivity contribution in [3.05, 3.63) is 41.7 Å². The number of rotatable bonds is 2. The van der Waals surface area contributed by atoms with Crippen LogP contribution >= 0.6 is 0 Å². The molecule has 0 saturated carbocycles. The molecule has 2 nitrogen and oxygen atoms in total. The van der Waals surface area contributed by atoms with E-state index in [1.807, 2.05) is 5.32 Å². The molecule has 17 heavy (non-hydrogen) atoms. The molecule has 0 atom stereocenters. The zero-order valence-corrected chi connectivity index (χ0v) is 8.81. The summed E-state index contributed by atoms with van der Waals surface area (Å²) in [5.41, 5.74) is -1.52. The van der Waals surface area contributed by atoms with Crippen LogP contribution in [0.2, 0.25) is 0 Å². The highest BCUT2D eigenvalue weighted by molar-refractivity contribution is 5.99. The SMILES string of the molecule is CC=CC(=O)Nc1cc(C(F)(F)F)ccc1F. The number of anilines is 1. The lowest BCUT2D eigenvalue weighted by atomic mass is 10.2. The Hall–Kier alpha value is -1.85. The molecule has 0 aliphatic carbocycles. The van der Waals surface area contributed by atoms with Crippen molar-refractivity contribution in [3.8, 4) is 0 Å². The maximum absolute atomic E-state index is 13.2. The highest BCUT2D eigenvalue weighted by Gasteiger charge is 2.31. The molecule has 0 aromatic heterocycles. The van der Waals surface area contributed by atoms with Gasteiger partial charge < -0.3 is 5.32 Å². The molecule has 0 unspecified atom stereocenters. The zero-order chi connectivity index (χ0) is 13.1. The van der Waals surface area contributed by atoms with Crippen LogP contribution in [0, 0.1) is 5.82 Å². The Labute approximate surface area is 94.9 Å². The Balaban J connectivity index is 3.03. The fourth-order valence-electron chi connectivity index (χ4n) is 1.12. The van der Waals surface area contributed by atoms with Crippen LogP contribution in [0.1, 0.15) is 12.5 Å².